The summed E-state index contributed by atoms with van der Waals surface area (Å²) in [6, 6.07) is 4.41. The lowest BCUT2D eigenvalue weighted by Gasteiger charge is -2.09. The second-order valence-electron chi connectivity index (χ2n) is 3.04. The third kappa shape index (κ3) is 1.29. The summed E-state index contributed by atoms with van der Waals surface area (Å²) < 4.78 is 18.5. The van der Waals surface area contributed by atoms with Crippen molar-refractivity contribution in [3.63, 3.8) is 0 Å². The van der Waals surface area contributed by atoms with Crippen molar-refractivity contribution in [2.24, 2.45) is 5.73 Å². The largest absolute Gasteiger partial charge is 0.464 e. The first-order valence-electron chi connectivity index (χ1n) is 4.27. The van der Waals surface area contributed by atoms with Crippen molar-refractivity contribution in [2.75, 3.05) is 6.54 Å². The number of benzene rings is 1. The molecule has 2 aromatic rings. The molecule has 1 unspecified atom stereocenters. The van der Waals surface area contributed by atoms with Gasteiger partial charge in [-0.15, -0.1) is 0 Å². The van der Waals surface area contributed by atoms with Crippen LogP contribution in [0.1, 0.15) is 11.7 Å². The van der Waals surface area contributed by atoms with Crippen LogP contribution in [0.25, 0.3) is 11.0 Å². The van der Waals surface area contributed by atoms with Gasteiger partial charge < -0.3 is 15.3 Å². The predicted octanol–water partition coefficient (Wildman–Crippen LogP) is 1.56. The Morgan fingerprint density at radius 3 is 2.93 bits per heavy atom. The molecule has 0 radical (unpaired) electrons. The molecule has 0 aliphatic carbocycles. The van der Waals surface area contributed by atoms with E-state index < -0.39 is 11.9 Å². The van der Waals surface area contributed by atoms with Gasteiger partial charge in [0.1, 0.15) is 11.4 Å². The zero-order valence-electron chi connectivity index (χ0n) is 7.40. The fourth-order valence-electron chi connectivity index (χ4n) is 1.50. The first kappa shape index (κ1) is 9.18. The molecular weight excluding hydrogens is 185 g/mol. The number of hydrogen-bond acceptors (Lipinski definition) is 3. The van der Waals surface area contributed by atoms with Gasteiger partial charge in [0.15, 0.2) is 0 Å². The van der Waals surface area contributed by atoms with Crippen LogP contribution in [0.3, 0.4) is 0 Å². The molecule has 1 aromatic heterocycles. The molecule has 1 atom stereocenters. The fourth-order valence-corrected chi connectivity index (χ4v) is 1.50. The summed E-state index contributed by atoms with van der Waals surface area (Å²) in [5, 5.41) is 10.1. The Morgan fingerprint density at radius 1 is 1.43 bits per heavy atom. The van der Waals surface area contributed by atoms with Crippen LogP contribution in [0.2, 0.25) is 0 Å². The molecule has 1 heterocycles. The van der Waals surface area contributed by atoms with Crippen molar-refractivity contribution < 1.29 is 13.9 Å². The molecule has 0 amide bonds. The molecule has 4 heteroatoms. The minimum Gasteiger partial charge on any atom is -0.464 e. The van der Waals surface area contributed by atoms with E-state index in [4.69, 9.17) is 10.2 Å². The molecule has 3 N–H and O–H groups in total. The van der Waals surface area contributed by atoms with Crippen molar-refractivity contribution in [1.29, 1.82) is 0 Å². The van der Waals surface area contributed by atoms with Gasteiger partial charge in [0.2, 0.25) is 0 Å². The SMILES string of the molecule is NCC(O)c1c(F)ccc2occc12. The number of aliphatic hydroxyl groups excluding tert-OH is 1. The summed E-state index contributed by atoms with van der Waals surface area (Å²) in [5.41, 5.74) is 6.04. The second-order valence-corrected chi connectivity index (χ2v) is 3.04. The maximum atomic E-state index is 13.4. The Hall–Kier alpha value is -1.39. The van der Waals surface area contributed by atoms with Gasteiger partial charge in [0.05, 0.1) is 12.4 Å². The van der Waals surface area contributed by atoms with Gasteiger partial charge in [0.25, 0.3) is 0 Å². The van der Waals surface area contributed by atoms with E-state index in [-0.39, 0.29) is 12.1 Å². The van der Waals surface area contributed by atoms with Gasteiger partial charge in [-0.1, -0.05) is 0 Å². The van der Waals surface area contributed by atoms with Crippen molar-refractivity contribution in [1.82, 2.24) is 0 Å². The fraction of sp³-hybridized carbons (Fsp3) is 0.200. The molecular formula is C10H10FNO2. The van der Waals surface area contributed by atoms with Crippen LogP contribution in [0.15, 0.2) is 28.9 Å². The van der Waals surface area contributed by atoms with Gasteiger partial charge >= 0.3 is 0 Å². The zero-order valence-corrected chi connectivity index (χ0v) is 7.40. The van der Waals surface area contributed by atoms with Gasteiger partial charge in [-0.25, -0.2) is 4.39 Å². The summed E-state index contributed by atoms with van der Waals surface area (Å²) in [5.74, 6) is -0.461. The molecule has 0 saturated carbocycles. The van der Waals surface area contributed by atoms with Crippen LogP contribution >= 0.6 is 0 Å². The highest BCUT2D eigenvalue weighted by molar-refractivity contribution is 5.81. The standard InChI is InChI=1S/C10H10FNO2/c11-7-1-2-9-6(3-4-14-9)10(7)8(13)5-12/h1-4,8,13H,5,12H2. The molecule has 3 nitrogen and oxygen atoms in total. The van der Waals surface area contributed by atoms with Crippen molar-refractivity contribution in [3.05, 3.63) is 35.8 Å². The van der Waals surface area contributed by atoms with Gasteiger partial charge in [-0.2, -0.15) is 0 Å². The van der Waals surface area contributed by atoms with Crippen molar-refractivity contribution in [3.8, 4) is 0 Å². The molecule has 1 aromatic carbocycles. The number of halogens is 1. The van der Waals surface area contributed by atoms with E-state index in [2.05, 4.69) is 0 Å². The van der Waals surface area contributed by atoms with Crippen LogP contribution < -0.4 is 5.73 Å². The Labute approximate surface area is 79.9 Å². The first-order chi connectivity index (χ1) is 6.74. The number of furan rings is 1. The van der Waals surface area contributed by atoms with Crippen LogP contribution in [0.4, 0.5) is 4.39 Å². The Morgan fingerprint density at radius 2 is 2.21 bits per heavy atom. The van der Waals surface area contributed by atoms with Gasteiger partial charge in [0, 0.05) is 17.5 Å². The van der Waals surface area contributed by atoms with E-state index in [1.54, 1.807) is 6.07 Å². The second kappa shape index (κ2) is 3.40. The predicted molar refractivity (Wildman–Crippen MR) is 50.2 cm³/mol. The highest BCUT2D eigenvalue weighted by Crippen LogP contribution is 2.27. The summed E-state index contributed by atoms with van der Waals surface area (Å²) in [6.45, 7) is -0.0127. The Kier molecular flexibility index (Phi) is 2.23. The minimum atomic E-state index is -0.990. The van der Waals surface area contributed by atoms with E-state index in [0.29, 0.717) is 11.0 Å². The average Bonchev–Trinajstić information content (AvgIpc) is 2.64. The zero-order chi connectivity index (χ0) is 10.1. The van der Waals surface area contributed by atoms with Gasteiger partial charge in [-0.3, -0.25) is 0 Å². The summed E-state index contributed by atoms with van der Waals surface area (Å²) in [4.78, 5) is 0. The highest BCUT2D eigenvalue weighted by atomic mass is 19.1. The lowest BCUT2D eigenvalue weighted by Crippen LogP contribution is -2.13. The van der Waals surface area contributed by atoms with Crippen molar-refractivity contribution in [2.45, 2.75) is 6.10 Å². The van der Waals surface area contributed by atoms with E-state index in [1.807, 2.05) is 0 Å². The molecule has 2 rings (SSSR count). The smallest absolute Gasteiger partial charge is 0.134 e. The maximum Gasteiger partial charge on any atom is 0.134 e. The number of rotatable bonds is 2. The number of fused-ring (bicyclic) bond motifs is 1. The topological polar surface area (TPSA) is 59.4 Å². The van der Waals surface area contributed by atoms with E-state index >= 15 is 0 Å². The molecule has 0 aliphatic rings. The molecule has 74 valence electrons. The van der Waals surface area contributed by atoms with Crippen molar-refractivity contribution >= 4 is 11.0 Å². The maximum absolute atomic E-state index is 13.4. The Balaban J connectivity index is 2.70. The minimum absolute atomic E-state index is 0.0127. The number of nitrogens with two attached hydrogens (primary N) is 1. The molecule has 0 fully saturated rings. The molecule has 0 saturated heterocycles. The van der Waals surface area contributed by atoms with Crippen LogP contribution in [-0.2, 0) is 0 Å². The van der Waals surface area contributed by atoms with Crippen LogP contribution in [-0.4, -0.2) is 11.7 Å². The highest BCUT2D eigenvalue weighted by Gasteiger charge is 2.16. The summed E-state index contributed by atoms with van der Waals surface area (Å²) in [7, 11) is 0. The third-order valence-electron chi connectivity index (χ3n) is 2.18. The monoisotopic (exact) mass is 195 g/mol. The molecule has 0 bridgehead atoms. The summed E-state index contributed by atoms with van der Waals surface area (Å²) >= 11 is 0. The molecule has 0 aliphatic heterocycles. The lowest BCUT2D eigenvalue weighted by atomic mass is 10.0. The Bertz CT molecular complexity index is 452. The van der Waals surface area contributed by atoms with E-state index in [1.165, 1.54) is 18.4 Å². The summed E-state index contributed by atoms with van der Waals surface area (Å²) in [6.07, 6.45) is 0.466. The average molecular weight is 195 g/mol. The van der Waals surface area contributed by atoms with E-state index in [9.17, 15) is 9.50 Å². The number of aliphatic hydroxyl groups is 1. The lowest BCUT2D eigenvalue weighted by molar-refractivity contribution is 0.183. The quantitative estimate of drug-likeness (QED) is 0.764. The normalized spacial score (nSPS) is 13.4. The van der Waals surface area contributed by atoms with Crippen LogP contribution in [0, 0.1) is 5.82 Å². The number of hydrogen-bond donors (Lipinski definition) is 2. The first-order valence-corrected chi connectivity index (χ1v) is 4.27. The molecule has 0 spiro atoms. The third-order valence-corrected chi connectivity index (χ3v) is 2.18. The van der Waals surface area contributed by atoms with Gasteiger partial charge in [-0.05, 0) is 18.2 Å². The molecule has 14 heavy (non-hydrogen) atoms. The van der Waals surface area contributed by atoms with E-state index in [0.717, 1.165) is 0 Å². The van der Waals surface area contributed by atoms with Crippen LogP contribution in [0.5, 0.6) is 0 Å².